The monoisotopic (exact) mass is 316 g/mol. The smallest absolute Gasteiger partial charge is 0.318 e. The van der Waals surface area contributed by atoms with E-state index in [4.69, 9.17) is 4.74 Å². The number of esters is 1. The molecule has 1 aromatic rings. The minimum Gasteiger partial charge on any atom is -0.406 e. The normalized spacial score (nSPS) is 24.0. The number of hydrogen-bond acceptors (Lipinski definition) is 3. The summed E-state index contributed by atoms with van der Waals surface area (Å²) in [5.41, 5.74) is 3.42. The van der Waals surface area contributed by atoms with E-state index in [0.717, 1.165) is 16.8 Å². The number of nitrogens with zero attached hydrogens (tertiary/aromatic N) is 1. The average Bonchev–Trinajstić information content (AvgIpc) is 2.85. The number of nitrogens with one attached hydrogen (secondary N) is 1. The number of H-pyrrole nitrogens is 1. The number of ether oxygens (including phenoxy) is 1. The lowest BCUT2D eigenvalue weighted by atomic mass is 10.0. The number of cyclic esters (lactones) is 1. The van der Waals surface area contributed by atoms with E-state index in [-0.39, 0.29) is 18.3 Å². The van der Waals surface area contributed by atoms with E-state index in [9.17, 15) is 4.79 Å². The Balaban J connectivity index is 1.73. The van der Waals surface area contributed by atoms with Crippen LogP contribution in [-0.2, 0) is 9.53 Å². The molecule has 0 saturated carbocycles. The average molecular weight is 316 g/mol. The van der Waals surface area contributed by atoms with Crippen molar-refractivity contribution in [2.45, 2.75) is 6.42 Å². The fourth-order valence-corrected chi connectivity index (χ4v) is 2.84. The summed E-state index contributed by atoms with van der Waals surface area (Å²) >= 11 is 0. The zero-order chi connectivity index (χ0) is 16.4. The van der Waals surface area contributed by atoms with Crippen LogP contribution in [0.1, 0.15) is 12.1 Å². The van der Waals surface area contributed by atoms with Gasteiger partial charge in [0.2, 0.25) is 5.90 Å². The van der Waals surface area contributed by atoms with Crippen LogP contribution in [0.4, 0.5) is 0 Å². The maximum absolute atomic E-state index is 12.0. The molecule has 2 aliphatic carbocycles. The second-order valence-electron chi connectivity index (χ2n) is 5.74. The third kappa shape index (κ3) is 2.99. The molecule has 0 unspecified atom stereocenters. The van der Waals surface area contributed by atoms with Crippen LogP contribution in [0, 0.1) is 5.92 Å². The van der Waals surface area contributed by atoms with Gasteiger partial charge in [0.15, 0.2) is 0 Å². The van der Waals surface area contributed by atoms with E-state index in [1.54, 1.807) is 0 Å². The summed E-state index contributed by atoms with van der Waals surface area (Å²) in [6.07, 6.45) is 20.2. The second-order valence-corrected chi connectivity index (χ2v) is 5.74. The summed E-state index contributed by atoms with van der Waals surface area (Å²) in [7, 11) is 0. The zero-order valence-electron chi connectivity index (χ0n) is 13.0. The minimum atomic E-state index is -0.292. The molecule has 4 rings (SSSR count). The Hall–Kier alpha value is -3.14. The van der Waals surface area contributed by atoms with Gasteiger partial charge in [-0.05, 0) is 29.9 Å². The maximum Gasteiger partial charge on any atom is 0.318 e. The molecule has 2 heterocycles. The zero-order valence-corrected chi connectivity index (χ0v) is 13.0. The molecule has 1 N–H and O–H groups in total. The van der Waals surface area contributed by atoms with Gasteiger partial charge >= 0.3 is 5.97 Å². The first-order valence-electron chi connectivity index (χ1n) is 7.87. The molecular formula is C20H16N2O2. The Kier molecular flexibility index (Phi) is 3.71. The van der Waals surface area contributed by atoms with Crippen LogP contribution in [0.25, 0.3) is 6.08 Å². The highest BCUT2D eigenvalue weighted by atomic mass is 16.5. The number of allylic oxidation sites excluding steroid dienone is 8. The lowest BCUT2D eigenvalue weighted by Gasteiger charge is -2.17. The van der Waals surface area contributed by atoms with Crippen LogP contribution in [0.2, 0.25) is 0 Å². The first-order chi connectivity index (χ1) is 11.8. The van der Waals surface area contributed by atoms with Crippen molar-refractivity contribution < 1.29 is 9.53 Å². The Labute approximate surface area is 139 Å². The molecule has 24 heavy (non-hydrogen) atoms. The molecule has 3 aliphatic rings. The summed E-state index contributed by atoms with van der Waals surface area (Å²) < 4.78 is 5.43. The lowest BCUT2D eigenvalue weighted by Crippen LogP contribution is -2.20. The van der Waals surface area contributed by atoms with Gasteiger partial charge < -0.3 is 9.72 Å². The van der Waals surface area contributed by atoms with E-state index in [2.05, 4.69) is 28.2 Å². The summed E-state index contributed by atoms with van der Waals surface area (Å²) in [6, 6.07) is 3.84. The Morgan fingerprint density at radius 1 is 1.25 bits per heavy atom. The number of carbonyl (C=O) groups is 1. The van der Waals surface area contributed by atoms with Crippen molar-refractivity contribution in [2.24, 2.45) is 10.9 Å². The Morgan fingerprint density at radius 3 is 3.04 bits per heavy atom. The van der Waals surface area contributed by atoms with Gasteiger partial charge in [0.1, 0.15) is 0 Å². The number of aromatic nitrogens is 1. The largest absolute Gasteiger partial charge is 0.406 e. The molecule has 0 spiro atoms. The van der Waals surface area contributed by atoms with Gasteiger partial charge in [0.05, 0.1) is 12.1 Å². The van der Waals surface area contributed by atoms with E-state index < -0.39 is 0 Å². The summed E-state index contributed by atoms with van der Waals surface area (Å²) in [6.45, 7) is 0. The van der Waals surface area contributed by atoms with E-state index in [1.165, 1.54) is 0 Å². The molecule has 118 valence electrons. The highest BCUT2D eigenvalue weighted by Crippen LogP contribution is 2.27. The van der Waals surface area contributed by atoms with Gasteiger partial charge in [-0.15, -0.1) is 0 Å². The summed E-state index contributed by atoms with van der Waals surface area (Å²) in [4.78, 5) is 19.7. The summed E-state index contributed by atoms with van der Waals surface area (Å²) in [5, 5.41) is 0. The third-order valence-corrected chi connectivity index (χ3v) is 3.96. The highest BCUT2D eigenvalue weighted by Gasteiger charge is 2.24. The van der Waals surface area contributed by atoms with Gasteiger partial charge in [-0.3, -0.25) is 4.79 Å². The van der Waals surface area contributed by atoms with Crippen molar-refractivity contribution >= 4 is 17.9 Å². The van der Waals surface area contributed by atoms with Crippen LogP contribution in [0.5, 0.6) is 0 Å². The van der Waals surface area contributed by atoms with Gasteiger partial charge in [0, 0.05) is 23.4 Å². The number of aliphatic imine (C=N–C) groups is 1. The predicted octanol–water partition coefficient (Wildman–Crippen LogP) is 3.87. The van der Waals surface area contributed by atoms with Crippen LogP contribution >= 0.6 is 0 Å². The predicted molar refractivity (Wildman–Crippen MR) is 94.0 cm³/mol. The SMILES string of the molecule is O=C1C/C(=C\c2ccc[nH]2)N=C(C2=CC=C[C@@H]3C=CC=CC2=C3)O1. The molecule has 1 aromatic heterocycles. The van der Waals surface area contributed by atoms with E-state index in [0.29, 0.717) is 11.6 Å². The Morgan fingerprint density at radius 2 is 2.17 bits per heavy atom. The van der Waals surface area contributed by atoms with Gasteiger partial charge in [-0.1, -0.05) is 42.5 Å². The van der Waals surface area contributed by atoms with Gasteiger partial charge in [-0.25, -0.2) is 4.99 Å². The number of aromatic amines is 1. The molecule has 2 bridgehead atoms. The fourth-order valence-electron chi connectivity index (χ4n) is 2.84. The van der Waals surface area contributed by atoms with E-state index in [1.807, 2.05) is 54.8 Å². The standard InChI is InChI=1S/C20H16N2O2/c23-19-13-17(12-16-8-4-10-21-16)22-20(24-19)18-9-3-6-14-5-1-2-7-15(18)11-14/h1-12,14,21H,13H2/b17-12+/t14-/m0/s1. The maximum atomic E-state index is 12.0. The van der Waals surface area contributed by atoms with Crippen LogP contribution in [0.15, 0.2) is 88.8 Å². The van der Waals surface area contributed by atoms with Crippen LogP contribution in [0.3, 0.4) is 0 Å². The first-order valence-corrected chi connectivity index (χ1v) is 7.87. The highest BCUT2D eigenvalue weighted by molar-refractivity contribution is 6.07. The molecule has 0 amide bonds. The second kappa shape index (κ2) is 6.16. The number of rotatable bonds is 2. The lowest BCUT2D eigenvalue weighted by molar-refractivity contribution is -0.135. The molecular weight excluding hydrogens is 300 g/mol. The quantitative estimate of drug-likeness (QED) is 0.842. The summed E-state index contributed by atoms with van der Waals surface area (Å²) in [5.74, 6) is 0.296. The molecule has 4 nitrogen and oxygen atoms in total. The fraction of sp³-hybridized carbons (Fsp3) is 0.100. The molecule has 0 saturated heterocycles. The molecule has 1 aliphatic heterocycles. The van der Waals surface area contributed by atoms with Crippen molar-refractivity contribution in [2.75, 3.05) is 0 Å². The first kappa shape index (κ1) is 14.5. The molecule has 0 radical (unpaired) electrons. The van der Waals surface area contributed by atoms with Crippen LogP contribution < -0.4 is 0 Å². The minimum absolute atomic E-state index is 0.171. The topological polar surface area (TPSA) is 54.5 Å². The molecule has 1 atom stereocenters. The number of hydrogen-bond donors (Lipinski definition) is 1. The van der Waals surface area contributed by atoms with Crippen molar-refractivity contribution in [3.8, 4) is 0 Å². The van der Waals surface area contributed by atoms with E-state index >= 15 is 0 Å². The van der Waals surface area contributed by atoms with Crippen molar-refractivity contribution in [1.29, 1.82) is 0 Å². The number of carbonyl (C=O) groups excluding carboxylic acids is 1. The van der Waals surface area contributed by atoms with Crippen molar-refractivity contribution in [3.05, 3.63) is 89.5 Å². The van der Waals surface area contributed by atoms with Gasteiger partial charge in [0.25, 0.3) is 0 Å². The molecule has 0 fully saturated rings. The van der Waals surface area contributed by atoms with Crippen LogP contribution in [-0.4, -0.2) is 16.9 Å². The molecule has 4 heteroatoms. The van der Waals surface area contributed by atoms with Crippen molar-refractivity contribution in [3.63, 3.8) is 0 Å². The number of fused-ring (bicyclic) bond motifs is 1. The van der Waals surface area contributed by atoms with Gasteiger partial charge in [-0.2, -0.15) is 0 Å². The molecule has 0 aromatic carbocycles. The Bertz CT molecular complexity index is 875. The third-order valence-electron chi connectivity index (χ3n) is 3.96. The van der Waals surface area contributed by atoms with Crippen molar-refractivity contribution in [1.82, 2.24) is 4.98 Å².